The Labute approximate surface area is 194 Å². The molecule has 0 saturated carbocycles. The van der Waals surface area contributed by atoms with Gasteiger partial charge in [-0.15, -0.1) is 0 Å². The fourth-order valence-corrected chi connectivity index (χ4v) is 3.65. The number of nitrogens with one attached hydrogen (secondary N) is 3. The van der Waals surface area contributed by atoms with Crippen molar-refractivity contribution in [3.05, 3.63) is 35.9 Å². The number of hydrogen-bond donors (Lipinski definition) is 5. The molecule has 0 unspecified atom stereocenters. The molecule has 0 spiro atoms. The SMILES string of the molecule is CSCC[C@H](NC(=O)[C@H](Cc1ccccc1)NC[C@@H](NC(=O)CCS)C(C)C)C(=O)O. The lowest BCUT2D eigenvalue weighted by atomic mass is 10.0. The summed E-state index contributed by atoms with van der Waals surface area (Å²) in [5.41, 5.74) is 0.964. The lowest BCUT2D eigenvalue weighted by Crippen LogP contribution is -2.54. The number of thioether (sulfide) groups is 1. The van der Waals surface area contributed by atoms with Gasteiger partial charge in [-0.1, -0.05) is 44.2 Å². The zero-order valence-corrected chi connectivity index (χ0v) is 20.2. The quantitative estimate of drug-likeness (QED) is 0.252. The van der Waals surface area contributed by atoms with E-state index in [2.05, 4.69) is 28.6 Å². The predicted octanol–water partition coefficient (Wildman–Crippen LogP) is 1.97. The van der Waals surface area contributed by atoms with Crippen LogP contribution in [0.2, 0.25) is 0 Å². The zero-order valence-electron chi connectivity index (χ0n) is 18.5. The van der Waals surface area contributed by atoms with E-state index in [1.165, 1.54) is 11.8 Å². The molecule has 31 heavy (non-hydrogen) atoms. The molecule has 0 heterocycles. The number of hydrogen-bond acceptors (Lipinski definition) is 6. The van der Waals surface area contributed by atoms with Crippen LogP contribution >= 0.6 is 24.4 Å². The Morgan fingerprint density at radius 3 is 2.32 bits per heavy atom. The first kappa shape index (κ1) is 27.3. The van der Waals surface area contributed by atoms with Crippen LogP contribution in [0.1, 0.15) is 32.3 Å². The number of aliphatic carboxylic acids is 1. The Kier molecular flexibility index (Phi) is 13.4. The number of carboxylic acids is 1. The van der Waals surface area contributed by atoms with E-state index in [0.29, 0.717) is 37.3 Å². The molecule has 0 aliphatic carbocycles. The summed E-state index contributed by atoms with van der Waals surface area (Å²) in [5, 5.41) is 18.4. The maximum atomic E-state index is 13.0. The standard InChI is InChI=1S/C22H35N3O4S2/c1-15(2)19(24-20(26)9-11-30)14-23-18(13-16-7-5-4-6-8-16)21(27)25-17(22(28)29)10-12-31-3/h4-8,15,17-19,23,30H,9-14H2,1-3H3,(H,24,26)(H,25,27)(H,28,29)/t17-,18-,19+/m0/s1. The van der Waals surface area contributed by atoms with Gasteiger partial charge in [-0.2, -0.15) is 24.4 Å². The predicted molar refractivity (Wildman–Crippen MR) is 130 cm³/mol. The second-order valence-corrected chi connectivity index (χ2v) is 9.16. The summed E-state index contributed by atoms with van der Waals surface area (Å²) < 4.78 is 0. The molecule has 0 aliphatic heterocycles. The highest BCUT2D eigenvalue weighted by molar-refractivity contribution is 7.98. The molecule has 7 nitrogen and oxygen atoms in total. The molecule has 0 aliphatic rings. The van der Waals surface area contributed by atoms with Crippen LogP contribution < -0.4 is 16.0 Å². The van der Waals surface area contributed by atoms with Gasteiger partial charge in [0.1, 0.15) is 6.04 Å². The van der Waals surface area contributed by atoms with Crippen molar-refractivity contribution in [3.8, 4) is 0 Å². The maximum Gasteiger partial charge on any atom is 0.326 e. The number of thiol groups is 1. The normalized spacial score (nSPS) is 14.0. The Bertz CT molecular complexity index is 689. The van der Waals surface area contributed by atoms with Crippen molar-refractivity contribution in [1.82, 2.24) is 16.0 Å². The smallest absolute Gasteiger partial charge is 0.326 e. The van der Waals surface area contributed by atoms with Crippen LogP contribution in [-0.2, 0) is 20.8 Å². The molecule has 0 radical (unpaired) electrons. The summed E-state index contributed by atoms with van der Waals surface area (Å²) in [7, 11) is 0. The summed E-state index contributed by atoms with van der Waals surface area (Å²) >= 11 is 5.63. The van der Waals surface area contributed by atoms with Crippen LogP contribution in [0.4, 0.5) is 0 Å². The summed E-state index contributed by atoms with van der Waals surface area (Å²) in [6.07, 6.45) is 3.00. The van der Waals surface area contributed by atoms with Gasteiger partial charge in [-0.25, -0.2) is 4.79 Å². The average molecular weight is 470 g/mol. The van der Waals surface area contributed by atoms with E-state index in [9.17, 15) is 19.5 Å². The molecule has 3 atom stereocenters. The van der Waals surface area contributed by atoms with E-state index in [0.717, 1.165) is 5.56 Å². The van der Waals surface area contributed by atoms with Gasteiger partial charge in [0, 0.05) is 19.0 Å². The number of carbonyl (C=O) groups excluding carboxylic acids is 2. The van der Waals surface area contributed by atoms with Crippen molar-refractivity contribution >= 4 is 42.2 Å². The average Bonchev–Trinajstić information content (AvgIpc) is 2.73. The van der Waals surface area contributed by atoms with Gasteiger partial charge in [-0.3, -0.25) is 9.59 Å². The van der Waals surface area contributed by atoms with Crippen molar-refractivity contribution in [1.29, 1.82) is 0 Å². The van der Waals surface area contributed by atoms with Crippen molar-refractivity contribution in [2.45, 2.75) is 51.2 Å². The molecular weight excluding hydrogens is 434 g/mol. The van der Waals surface area contributed by atoms with E-state index in [1.807, 2.05) is 50.4 Å². The highest BCUT2D eigenvalue weighted by Gasteiger charge is 2.26. The first-order valence-electron chi connectivity index (χ1n) is 10.5. The summed E-state index contributed by atoms with van der Waals surface area (Å²) in [6, 6.07) is 7.84. The topological polar surface area (TPSA) is 108 Å². The first-order chi connectivity index (χ1) is 14.8. The van der Waals surface area contributed by atoms with Crippen molar-refractivity contribution < 1.29 is 19.5 Å². The molecule has 174 valence electrons. The van der Waals surface area contributed by atoms with Crippen LogP contribution in [0.15, 0.2) is 30.3 Å². The number of benzene rings is 1. The summed E-state index contributed by atoms with van der Waals surface area (Å²) in [4.78, 5) is 36.6. The molecule has 1 aromatic carbocycles. The van der Waals surface area contributed by atoms with Gasteiger partial charge in [0.25, 0.3) is 0 Å². The first-order valence-corrected chi connectivity index (χ1v) is 12.5. The molecule has 4 N–H and O–H groups in total. The molecule has 1 aromatic rings. The van der Waals surface area contributed by atoms with Gasteiger partial charge in [0.2, 0.25) is 11.8 Å². The molecule has 0 bridgehead atoms. The van der Waals surface area contributed by atoms with Gasteiger partial charge >= 0.3 is 5.97 Å². The summed E-state index contributed by atoms with van der Waals surface area (Å²) in [5.74, 6) is -0.217. The molecule has 0 fully saturated rings. The molecule has 1 rings (SSSR count). The fraction of sp³-hybridized carbons (Fsp3) is 0.591. The number of amides is 2. The Morgan fingerprint density at radius 1 is 1.10 bits per heavy atom. The third-order valence-corrected chi connectivity index (χ3v) is 5.77. The molecule has 9 heteroatoms. The minimum absolute atomic E-state index is 0.0810. The van der Waals surface area contributed by atoms with Crippen LogP contribution in [0.25, 0.3) is 0 Å². The highest BCUT2D eigenvalue weighted by atomic mass is 32.2. The Morgan fingerprint density at radius 2 is 1.77 bits per heavy atom. The van der Waals surface area contributed by atoms with Gasteiger partial charge in [-0.05, 0) is 42.1 Å². The highest BCUT2D eigenvalue weighted by Crippen LogP contribution is 2.08. The molecule has 0 aromatic heterocycles. The van der Waals surface area contributed by atoms with E-state index in [4.69, 9.17) is 0 Å². The van der Waals surface area contributed by atoms with E-state index >= 15 is 0 Å². The number of rotatable bonds is 15. The number of carbonyl (C=O) groups is 3. The van der Waals surface area contributed by atoms with Gasteiger partial charge in [0.15, 0.2) is 0 Å². The van der Waals surface area contributed by atoms with E-state index in [-0.39, 0.29) is 23.8 Å². The van der Waals surface area contributed by atoms with E-state index in [1.54, 1.807) is 0 Å². The largest absolute Gasteiger partial charge is 0.480 e. The lowest BCUT2D eigenvalue weighted by molar-refractivity contribution is -0.142. The van der Waals surface area contributed by atoms with Crippen LogP contribution in [-0.4, -0.2) is 65.3 Å². The molecule has 0 saturated heterocycles. The monoisotopic (exact) mass is 469 g/mol. The minimum atomic E-state index is -1.04. The van der Waals surface area contributed by atoms with Crippen LogP contribution in [0.5, 0.6) is 0 Å². The second kappa shape index (κ2) is 15.2. The zero-order chi connectivity index (χ0) is 23.2. The van der Waals surface area contributed by atoms with Crippen LogP contribution in [0, 0.1) is 5.92 Å². The Balaban J connectivity index is 2.90. The van der Waals surface area contributed by atoms with Crippen LogP contribution in [0.3, 0.4) is 0 Å². The lowest BCUT2D eigenvalue weighted by Gasteiger charge is -2.27. The maximum absolute atomic E-state index is 13.0. The van der Waals surface area contributed by atoms with Crippen molar-refractivity contribution in [2.75, 3.05) is 24.3 Å². The van der Waals surface area contributed by atoms with Gasteiger partial charge < -0.3 is 21.1 Å². The fourth-order valence-electron chi connectivity index (χ4n) is 2.98. The van der Waals surface area contributed by atoms with E-state index < -0.39 is 18.1 Å². The second-order valence-electron chi connectivity index (χ2n) is 7.72. The number of carboxylic acid groups (broad SMARTS) is 1. The minimum Gasteiger partial charge on any atom is -0.480 e. The van der Waals surface area contributed by atoms with Crippen molar-refractivity contribution in [2.24, 2.45) is 5.92 Å². The van der Waals surface area contributed by atoms with Gasteiger partial charge in [0.05, 0.1) is 6.04 Å². The Hall–Kier alpha value is -1.71. The molecular formula is C22H35N3O4S2. The third-order valence-electron chi connectivity index (χ3n) is 4.90. The molecule has 2 amide bonds. The van der Waals surface area contributed by atoms with Crippen molar-refractivity contribution in [3.63, 3.8) is 0 Å². The third kappa shape index (κ3) is 10.9. The summed E-state index contributed by atoms with van der Waals surface area (Å²) in [6.45, 7) is 4.40.